The van der Waals surface area contributed by atoms with Crippen LogP contribution in [-0.2, 0) is 14.8 Å². The number of carbonyl (C=O) groups is 1. The van der Waals surface area contributed by atoms with Crippen molar-refractivity contribution in [1.82, 2.24) is 9.29 Å². The lowest BCUT2D eigenvalue weighted by Gasteiger charge is -2.30. The molecule has 0 aliphatic carbocycles. The fraction of sp³-hybridized carbons (Fsp3) is 0.385. The van der Waals surface area contributed by atoms with Crippen LogP contribution in [0.4, 0.5) is 5.13 Å². The van der Waals surface area contributed by atoms with E-state index in [0.717, 1.165) is 23.4 Å². The first-order valence-corrected chi connectivity index (χ1v) is 14.7. The molecule has 0 spiro atoms. The molecule has 0 unspecified atom stereocenters. The molecular weight excluding hydrogens is 514 g/mol. The van der Waals surface area contributed by atoms with Gasteiger partial charge in [0.25, 0.3) is 0 Å². The van der Waals surface area contributed by atoms with Gasteiger partial charge < -0.3 is 19.5 Å². The van der Waals surface area contributed by atoms with Crippen molar-refractivity contribution in [2.24, 2.45) is 5.92 Å². The smallest absolute Gasteiger partial charge is 0.243 e. The van der Waals surface area contributed by atoms with Gasteiger partial charge in [-0.1, -0.05) is 6.92 Å². The van der Waals surface area contributed by atoms with E-state index in [2.05, 4.69) is 17.2 Å². The second kappa shape index (κ2) is 11.1. The van der Waals surface area contributed by atoms with Gasteiger partial charge in [0.15, 0.2) is 16.6 Å². The summed E-state index contributed by atoms with van der Waals surface area (Å²) in [6.45, 7) is 4.10. The third-order valence-electron chi connectivity index (χ3n) is 6.33. The number of ether oxygens (including phenoxy) is 3. The molecule has 0 saturated carbocycles. The number of benzene rings is 2. The number of nitrogens with zero attached hydrogens (tertiary/aromatic N) is 2. The van der Waals surface area contributed by atoms with Gasteiger partial charge in [-0.25, -0.2) is 13.4 Å². The van der Waals surface area contributed by atoms with Crippen molar-refractivity contribution in [3.05, 3.63) is 47.8 Å². The fourth-order valence-electron chi connectivity index (χ4n) is 4.30. The Hall–Kier alpha value is -3.15. The molecule has 2 aliphatic rings. The van der Waals surface area contributed by atoms with Gasteiger partial charge in [0.05, 0.1) is 17.2 Å². The molecule has 3 heterocycles. The summed E-state index contributed by atoms with van der Waals surface area (Å²) in [5.41, 5.74) is 1.72. The number of thiazole rings is 1. The Balaban J connectivity index is 1.16. The molecule has 2 aliphatic heterocycles. The average molecular weight is 544 g/mol. The molecule has 37 heavy (non-hydrogen) atoms. The number of sulfonamides is 1. The van der Waals surface area contributed by atoms with Crippen LogP contribution < -0.4 is 19.5 Å². The maximum Gasteiger partial charge on any atom is 0.243 e. The monoisotopic (exact) mass is 543 g/mol. The molecule has 1 aromatic heterocycles. The molecule has 11 heteroatoms. The molecule has 1 amide bonds. The minimum atomic E-state index is -3.69. The summed E-state index contributed by atoms with van der Waals surface area (Å²) in [6, 6.07) is 12.4. The Bertz CT molecular complexity index is 1350. The molecular formula is C26H29N3O6S2. The van der Waals surface area contributed by atoms with Crippen LogP contribution >= 0.6 is 11.3 Å². The van der Waals surface area contributed by atoms with Crippen molar-refractivity contribution in [2.75, 3.05) is 38.2 Å². The van der Waals surface area contributed by atoms with Crippen molar-refractivity contribution < 1.29 is 27.4 Å². The predicted molar refractivity (Wildman–Crippen MR) is 141 cm³/mol. The molecule has 0 atom stereocenters. The highest BCUT2D eigenvalue weighted by atomic mass is 32.2. The molecule has 1 N–H and O–H groups in total. The molecule has 2 aromatic carbocycles. The number of hydrogen-bond acceptors (Lipinski definition) is 8. The van der Waals surface area contributed by atoms with Crippen LogP contribution in [0.25, 0.3) is 11.3 Å². The number of nitrogens with one attached hydrogen (secondary N) is 1. The summed E-state index contributed by atoms with van der Waals surface area (Å²) in [6.07, 6.45) is 1.83. The minimum absolute atomic E-state index is 0.138. The normalized spacial score (nSPS) is 16.4. The summed E-state index contributed by atoms with van der Waals surface area (Å²) in [5.74, 6) is 1.38. The maximum atomic E-state index is 13.2. The number of hydrogen-bond donors (Lipinski definition) is 1. The van der Waals surface area contributed by atoms with E-state index in [-0.39, 0.29) is 29.8 Å². The Morgan fingerprint density at radius 3 is 2.57 bits per heavy atom. The Morgan fingerprint density at radius 2 is 1.84 bits per heavy atom. The second-order valence-electron chi connectivity index (χ2n) is 8.88. The van der Waals surface area contributed by atoms with Gasteiger partial charge >= 0.3 is 0 Å². The molecule has 0 radical (unpaired) electrons. The Morgan fingerprint density at radius 1 is 1.11 bits per heavy atom. The zero-order chi connectivity index (χ0) is 25.8. The van der Waals surface area contributed by atoms with E-state index in [1.165, 1.54) is 27.8 Å². The van der Waals surface area contributed by atoms with Crippen molar-refractivity contribution in [3.63, 3.8) is 0 Å². The molecule has 0 bridgehead atoms. The lowest BCUT2D eigenvalue weighted by molar-refractivity contribution is -0.120. The first-order chi connectivity index (χ1) is 17.9. The molecule has 1 fully saturated rings. The highest BCUT2D eigenvalue weighted by Crippen LogP contribution is 2.34. The maximum absolute atomic E-state index is 13.2. The highest BCUT2D eigenvalue weighted by Gasteiger charge is 2.33. The van der Waals surface area contributed by atoms with E-state index in [1.807, 2.05) is 29.6 Å². The number of fused-ring (bicyclic) bond motifs is 1. The predicted octanol–water partition coefficient (Wildman–Crippen LogP) is 4.41. The Kier molecular flexibility index (Phi) is 7.63. The van der Waals surface area contributed by atoms with E-state index < -0.39 is 10.0 Å². The number of carbonyl (C=O) groups excluding carboxylic acids is 1. The fourth-order valence-corrected chi connectivity index (χ4v) is 6.51. The van der Waals surface area contributed by atoms with Crippen molar-refractivity contribution in [3.8, 4) is 28.5 Å². The molecule has 1 saturated heterocycles. The van der Waals surface area contributed by atoms with Crippen LogP contribution in [0.3, 0.4) is 0 Å². The summed E-state index contributed by atoms with van der Waals surface area (Å²) in [4.78, 5) is 17.6. The van der Waals surface area contributed by atoms with E-state index in [1.54, 1.807) is 6.07 Å². The lowest BCUT2D eigenvalue weighted by Crippen LogP contribution is -2.41. The van der Waals surface area contributed by atoms with Crippen LogP contribution in [0.1, 0.15) is 26.2 Å². The van der Waals surface area contributed by atoms with Gasteiger partial charge in [-0.2, -0.15) is 4.31 Å². The van der Waals surface area contributed by atoms with Crippen LogP contribution in [0.2, 0.25) is 0 Å². The van der Waals surface area contributed by atoms with Gasteiger partial charge in [0.2, 0.25) is 15.9 Å². The molecule has 5 rings (SSSR count). The van der Waals surface area contributed by atoms with Crippen LogP contribution in [0.5, 0.6) is 17.2 Å². The summed E-state index contributed by atoms with van der Waals surface area (Å²) in [5, 5.41) is 5.33. The zero-order valence-corrected chi connectivity index (χ0v) is 22.1. The van der Waals surface area contributed by atoms with E-state index in [0.29, 0.717) is 49.3 Å². The van der Waals surface area contributed by atoms with E-state index in [9.17, 15) is 13.2 Å². The number of anilines is 1. The van der Waals surface area contributed by atoms with E-state index in [4.69, 9.17) is 14.2 Å². The van der Waals surface area contributed by atoms with Gasteiger partial charge in [0.1, 0.15) is 19.0 Å². The molecule has 3 aromatic rings. The Labute approximate surface area is 220 Å². The van der Waals surface area contributed by atoms with Gasteiger partial charge in [-0.05, 0) is 55.7 Å². The highest BCUT2D eigenvalue weighted by molar-refractivity contribution is 7.89. The van der Waals surface area contributed by atoms with Crippen molar-refractivity contribution in [2.45, 2.75) is 31.1 Å². The standard InChI is InChI=1S/C26H29N3O6S2/c1-2-13-33-20-5-3-18(4-6-20)22-17-36-26(27-22)28-25(30)19-9-11-29(12-10-19)37(31,32)21-7-8-23-24(16-21)35-15-14-34-23/h3-8,16-17,19H,2,9-15H2,1H3,(H,27,28,30). The lowest BCUT2D eigenvalue weighted by atomic mass is 9.97. The van der Waals surface area contributed by atoms with Crippen molar-refractivity contribution >= 4 is 32.4 Å². The zero-order valence-electron chi connectivity index (χ0n) is 20.5. The number of aromatic nitrogens is 1. The summed E-state index contributed by atoms with van der Waals surface area (Å²) >= 11 is 1.37. The molecule has 196 valence electrons. The van der Waals surface area contributed by atoms with Crippen molar-refractivity contribution in [1.29, 1.82) is 0 Å². The van der Waals surface area contributed by atoms with Gasteiger partial charge in [0, 0.05) is 36.0 Å². The number of piperidine rings is 1. The number of rotatable bonds is 8. The number of amides is 1. The van der Waals surface area contributed by atoms with Gasteiger partial charge in [-0.3, -0.25) is 4.79 Å². The first-order valence-electron chi connectivity index (χ1n) is 12.3. The van der Waals surface area contributed by atoms with Crippen LogP contribution in [0, 0.1) is 5.92 Å². The quantitative estimate of drug-likeness (QED) is 0.449. The largest absolute Gasteiger partial charge is 0.494 e. The summed E-state index contributed by atoms with van der Waals surface area (Å²) < 4.78 is 44.4. The topological polar surface area (TPSA) is 107 Å². The third kappa shape index (κ3) is 5.73. The average Bonchev–Trinajstić information content (AvgIpc) is 3.40. The molecule has 9 nitrogen and oxygen atoms in total. The SMILES string of the molecule is CCCOc1ccc(-c2csc(NC(=O)C3CCN(S(=O)(=O)c4ccc5c(c4)OCCO5)CC3)n2)cc1. The van der Waals surface area contributed by atoms with Gasteiger partial charge in [-0.15, -0.1) is 11.3 Å². The summed E-state index contributed by atoms with van der Waals surface area (Å²) in [7, 11) is -3.69. The second-order valence-corrected chi connectivity index (χ2v) is 11.7. The van der Waals surface area contributed by atoms with Crippen LogP contribution in [-0.4, -0.2) is 56.5 Å². The van der Waals surface area contributed by atoms with Crippen LogP contribution in [0.15, 0.2) is 52.7 Å². The minimum Gasteiger partial charge on any atom is -0.494 e. The first kappa shape index (κ1) is 25.5. The third-order valence-corrected chi connectivity index (χ3v) is 8.99. The van der Waals surface area contributed by atoms with E-state index >= 15 is 0 Å².